The zero-order chi connectivity index (χ0) is 19.1. The van der Waals surface area contributed by atoms with E-state index in [0.717, 1.165) is 22.3 Å². The Morgan fingerprint density at radius 1 is 1.04 bits per heavy atom. The summed E-state index contributed by atoms with van der Waals surface area (Å²) in [4.78, 5) is 23.6. The molecule has 1 amide bonds. The van der Waals surface area contributed by atoms with E-state index in [2.05, 4.69) is 5.32 Å². The zero-order valence-electron chi connectivity index (χ0n) is 15.1. The molecule has 1 N–H and O–H groups in total. The summed E-state index contributed by atoms with van der Waals surface area (Å²) < 4.78 is 10.5. The lowest BCUT2D eigenvalue weighted by atomic mass is 10.1. The van der Waals surface area contributed by atoms with E-state index in [0.29, 0.717) is 10.8 Å². The van der Waals surface area contributed by atoms with E-state index in [-0.39, 0.29) is 19.8 Å². The molecule has 138 valence electrons. The second kappa shape index (κ2) is 9.25. The van der Waals surface area contributed by atoms with Crippen LogP contribution in [0.1, 0.15) is 22.3 Å². The summed E-state index contributed by atoms with van der Waals surface area (Å²) in [6.45, 7) is 5.50. The van der Waals surface area contributed by atoms with Gasteiger partial charge in [-0.15, -0.1) is 0 Å². The van der Waals surface area contributed by atoms with E-state index in [4.69, 9.17) is 21.1 Å². The molecular weight excluding hydrogens is 354 g/mol. The van der Waals surface area contributed by atoms with Crippen molar-refractivity contribution in [2.45, 2.75) is 27.3 Å². The first-order valence-electron chi connectivity index (χ1n) is 8.23. The lowest BCUT2D eigenvalue weighted by molar-refractivity contribution is -0.150. The Morgan fingerprint density at radius 2 is 1.69 bits per heavy atom. The highest BCUT2D eigenvalue weighted by molar-refractivity contribution is 6.31. The second-order valence-corrected chi connectivity index (χ2v) is 6.45. The van der Waals surface area contributed by atoms with Gasteiger partial charge >= 0.3 is 5.97 Å². The molecule has 0 aliphatic carbocycles. The van der Waals surface area contributed by atoms with Crippen LogP contribution < -0.4 is 10.1 Å². The number of aryl methyl sites for hydroxylation is 3. The molecule has 0 radical (unpaired) electrons. The van der Waals surface area contributed by atoms with Crippen molar-refractivity contribution in [1.82, 2.24) is 5.32 Å². The molecule has 0 aliphatic heterocycles. The first kappa shape index (κ1) is 19.8. The fraction of sp³-hybridized carbons (Fsp3) is 0.300. The van der Waals surface area contributed by atoms with Gasteiger partial charge in [0.25, 0.3) is 5.91 Å². The van der Waals surface area contributed by atoms with E-state index in [1.807, 2.05) is 51.1 Å². The maximum absolute atomic E-state index is 11.8. The summed E-state index contributed by atoms with van der Waals surface area (Å²) in [7, 11) is 0. The monoisotopic (exact) mass is 375 g/mol. The third-order valence-corrected chi connectivity index (χ3v) is 4.11. The normalized spacial score (nSPS) is 10.3. The molecule has 2 aromatic rings. The highest BCUT2D eigenvalue weighted by Crippen LogP contribution is 2.24. The molecule has 2 rings (SSSR count). The third kappa shape index (κ3) is 5.77. The predicted molar refractivity (Wildman–Crippen MR) is 100 cm³/mol. The van der Waals surface area contributed by atoms with E-state index in [1.165, 1.54) is 0 Å². The fourth-order valence-electron chi connectivity index (χ4n) is 2.60. The van der Waals surface area contributed by atoms with Crippen molar-refractivity contribution in [2.24, 2.45) is 0 Å². The highest BCUT2D eigenvalue weighted by atomic mass is 35.5. The van der Waals surface area contributed by atoms with Crippen molar-refractivity contribution in [3.8, 4) is 5.75 Å². The number of rotatable bonds is 7. The summed E-state index contributed by atoms with van der Waals surface area (Å²) in [5.41, 5.74) is 3.83. The number of carbonyl (C=O) groups excluding carboxylic acids is 2. The smallest absolute Gasteiger partial charge is 0.344 e. The van der Waals surface area contributed by atoms with Gasteiger partial charge in [-0.05, 0) is 43.5 Å². The molecule has 6 heteroatoms. The average Bonchev–Trinajstić information content (AvgIpc) is 2.58. The average molecular weight is 376 g/mol. The molecule has 0 heterocycles. The van der Waals surface area contributed by atoms with Gasteiger partial charge in [0.1, 0.15) is 5.75 Å². The van der Waals surface area contributed by atoms with Crippen molar-refractivity contribution in [3.05, 3.63) is 63.7 Å². The minimum absolute atomic E-state index is 0.247. The molecule has 0 saturated carbocycles. The van der Waals surface area contributed by atoms with Gasteiger partial charge in [0, 0.05) is 11.6 Å². The number of amides is 1. The number of benzene rings is 2. The molecule has 0 aromatic heterocycles. The molecule has 2 aromatic carbocycles. The van der Waals surface area contributed by atoms with Crippen LogP contribution in [0, 0.1) is 20.8 Å². The number of esters is 1. The second-order valence-electron chi connectivity index (χ2n) is 6.05. The Hall–Kier alpha value is -2.53. The summed E-state index contributed by atoms with van der Waals surface area (Å²) in [5, 5.41) is 3.22. The van der Waals surface area contributed by atoms with Crippen LogP contribution in [0.3, 0.4) is 0 Å². The van der Waals surface area contributed by atoms with E-state index in [9.17, 15) is 9.59 Å². The van der Waals surface area contributed by atoms with Gasteiger partial charge < -0.3 is 14.8 Å². The quantitative estimate of drug-likeness (QED) is 0.752. The molecule has 0 bridgehead atoms. The fourth-order valence-corrected chi connectivity index (χ4v) is 2.80. The van der Waals surface area contributed by atoms with Gasteiger partial charge in [0.15, 0.2) is 13.2 Å². The number of nitrogens with one attached hydrogen (secondary N) is 1. The van der Waals surface area contributed by atoms with Crippen LogP contribution in [-0.2, 0) is 20.9 Å². The van der Waals surface area contributed by atoms with Crippen LogP contribution in [0.25, 0.3) is 0 Å². The largest absolute Gasteiger partial charge is 0.481 e. The minimum atomic E-state index is -0.600. The zero-order valence-corrected chi connectivity index (χ0v) is 15.9. The minimum Gasteiger partial charge on any atom is -0.481 e. The number of carbonyl (C=O) groups is 2. The van der Waals surface area contributed by atoms with Crippen LogP contribution in [-0.4, -0.2) is 25.1 Å². The Labute approximate surface area is 158 Å². The summed E-state index contributed by atoms with van der Waals surface area (Å²) in [5.74, 6) is -0.339. The van der Waals surface area contributed by atoms with Crippen molar-refractivity contribution < 1.29 is 19.1 Å². The van der Waals surface area contributed by atoms with E-state index < -0.39 is 11.9 Å². The van der Waals surface area contributed by atoms with Gasteiger partial charge in [-0.3, -0.25) is 4.79 Å². The number of hydrogen-bond acceptors (Lipinski definition) is 4. The summed E-state index contributed by atoms with van der Waals surface area (Å²) >= 11 is 6.02. The predicted octanol–water partition coefficient (Wildman–Crippen LogP) is 3.50. The number of halogens is 1. The van der Waals surface area contributed by atoms with Crippen LogP contribution in [0.2, 0.25) is 5.02 Å². The van der Waals surface area contributed by atoms with E-state index >= 15 is 0 Å². The van der Waals surface area contributed by atoms with Gasteiger partial charge in [-0.25, -0.2) is 4.79 Å². The highest BCUT2D eigenvalue weighted by Gasteiger charge is 2.11. The Bertz CT molecular complexity index is 781. The van der Waals surface area contributed by atoms with Crippen molar-refractivity contribution in [2.75, 3.05) is 13.2 Å². The molecule has 0 unspecified atom stereocenters. The Morgan fingerprint density at radius 3 is 2.35 bits per heavy atom. The molecule has 0 atom stereocenters. The van der Waals surface area contributed by atoms with Gasteiger partial charge in [-0.2, -0.15) is 0 Å². The standard InChI is InChI=1S/C20H22ClNO4/c1-13-8-14(2)20(15(3)9-13)26-12-19(24)25-11-18(23)22-10-16-6-4-5-7-17(16)21/h4-9H,10-12H2,1-3H3,(H,22,23). The van der Waals surface area contributed by atoms with Gasteiger partial charge in [-0.1, -0.05) is 47.5 Å². The third-order valence-electron chi connectivity index (χ3n) is 3.74. The van der Waals surface area contributed by atoms with Crippen molar-refractivity contribution in [1.29, 1.82) is 0 Å². The number of ether oxygens (including phenoxy) is 2. The maximum atomic E-state index is 11.8. The van der Waals surface area contributed by atoms with Crippen LogP contribution >= 0.6 is 11.6 Å². The molecule has 0 spiro atoms. The molecule has 26 heavy (non-hydrogen) atoms. The van der Waals surface area contributed by atoms with Crippen LogP contribution in [0.5, 0.6) is 5.75 Å². The lowest BCUT2D eigenvalue weighted by Gasteiger charge is -2.13. The molecule has 0 saturated heterocycles. The first-order valence-corrected chi connectivity index (χ1v) is 8.61. The molecular formula is C20H22ClNO4. The topological polar surface area (TPSA) is 64.6 Å². The summed E-state index contributed by atoms with van der Waals surface area (Å²) in [6.07, 6.45) is 0. The molecule has 5 nitrogen and oxygen atoms in total. The Balaban J connectivity index is 1.75. The van der Waals surface area contributed by atoms with Crippen LogP contribution in [0.15, 0.2) is 36.4 Å². The van der Waals surface area contributed by atoms with Crippen LogP contribution in [0.4, 0.5) is 0 Å². The first-order chi connectivity index (χ1) is 12.4. The van der Waals surface area contributed by atoms with Gasteiger partial charge in [0.05, 0.1) is 0 Å². The summed E-state index contributed by atoms with van der Waals surface area (Å²) in [6, 6.07) is 11.2. The lowest BCUT2D eigenvalue weighted by Crippen LogP contribution is -2.29. The van der Waals surface area contributed by atoms with E-state index in [1.54, 1.807) is 6.07 Å². The maximum Gasteiger partial charge on any atom is 0.344 e. The SMILES string of the molecule is Cc1cc(C)c(OCC(=O)OCC(=O)NCc2ccccc2Cl)c(C)c1. The molecule has 0 fully saturated rings. The molecule has 0 aliphatic rings. The van der Waals surface area contributed by atoms with Crippen molar-refractivity contribution in [3.63, 3.8) is 0 Å². The Kier molecular flexibility index (Phi) is 7.04. The number of hydrogen-bond donors (Lipinski definition) is 1. The van der Waals surface area contributed by atoms with Crippen molar-refractivity contribution >= 4 is 23.5 Å². The van der Waals surface area contributed by atoms with Gasteiger partial charge in [0.2, 0.25) is 0 Å².